The highest BCUT2D eigenvalue weighted by Gasteiger charge is 2.33. The molecule has 1 atom stereocenters. The number of ketones is 1. The Morgan fingerprint density at radius 1 is 1.14 bits per heavy atom. The third kappa shape index (κ3) is 7.40. The van der Waals surface area contributed by atoms with Crippen molar-refractivity contribution in [2.24, 2.45) is 16.4 Å². The van der Waals surface area contributed by atoms with Crippen LogP contribution in [0, 0.1) is 11.3 Å². The Labute approximate surface area is 172 Å². The maximum Gasteiger partial charge on any atom is 0.309 e. The molecule has 2 rings (SSSR count). The molecule has 0 spiro atoms. The first kappa shape index (κ1) is 22.7. The number of nitrogens with one attached hydrogen (secondary N) is 2. The molecule has 1 unspecified atom stereocenters. The average Bonchev–Trinajstić information content (AvgIpc) is 2.71. The molecule has 29 heavy (non-hydrogen) atoms. The van der Waals surface area contributed by atoms with Crippen molar-refractivity contribution in [1.29, 1.82) is 0 Å². The van der Waals surface area contributed by atoms with Crippen molar-refractivity contribution in [1.82, 2.24) is 15.7 Å². The zero-order valence-electron chi connectivity index (χ0n) is 17.8. The molecule has 0 aromatic carbocycles. The number of hydrazone groups is 1. The molecule has 1 fully saturated rings. The lowest BCUT2D eigenvalue weighted by molar-refractivity contribution is -0.141. The molecule has 1 heterocycles. The van der Waals surface area contributed by atoms with Crippen LogP contribution in [0.2, 0.25) is 0 Å². The van der Waals surface area contributed by atoms with E-state index >= 15 is 0 Å². The lowest BCUT2D eigenvalue weighted by atomic mass is 9.85. The highest BCUT2D eigenvalue weighted by molar-refractivity contribution is 6.38. The van der Waals surface area contributed by atoms with Crippen LogP contribution in [0.3, 0.4) is 0 Å². The minimum atomic E-state index is -0.860. The fraction of sp³-hybridized carbons (Fsp3) is 0.591. The Kier molecular flexibility index (Phi) is 8.05. The van der Waals surface area contributed by atoms with Gasteiger partial charge >= 0.3 is 5.91 Å². The number of Topliss-reactive ketones (excluding diaryl/α,β-unsaturated/α-hetero) is 1. The van der Waals surface area contributed by atoms with E-state index in [4.69, 9.17) is 0 Å². The van der Waals surface area contributed by atoms with E-state index < -0.39 is 17.7 Å². The van der Waals surface area contributed by atoms with Crippen LogP contribution in [0.25, 0.3) is 0 Å². The highest BCUT2D eigenvalue weighted by Crippen LogP contribution is 2.25. The molecule has 0 aliphatic heterocycles. The molecule has 1 aliphatic rings. The van der Waals surface area contributed by atoms with Gasteiger partial charge in [0.1, 0.15) is 0 Å². The van der Waals surface area contributed by atoms with Gasteiger partial charge in [-0.15, -0.1) is 0 Å². The molecule has 2 amide bonds. The summed E-state index contributed by atoms with van der Waals surface area (Å²) in [5.41, 5.74) is 3.46. The normalized spacial score (nSPS) is 16.8. The summed E-state index contributed by atoms with van der Waals surface area (Å²) in [5.74, 6) is -1.70. The molecule has 158 valence electrons. The van der Waals surface area contributed by atoms with E-state index in [0.29, 0.717) is 12.1 Å². The van der Waals surface area contributed by atoms with Gasteiger partial charge in [-0.1, -0.05) is 40.0 Å². The zero-order valence-corrected chi connectivity index (χ0v) is 17.8. The second-order valence-electron chi connectivity index (χ2n) is 8.90. The SMILES string of the molecule is C/C(=N\NC(=O)C(=O)C(CC(C)(C)C)NC(=O)C1CCCCC1)c1ccncc1. The Hall–Kier alpha value is -2.57. The summed E-state index contributed by atoms with van der Waals surface area (Å²) in [6.45, 7) is 7.66. The molecule has 0 saturated heterocycles. The number of hydrogen-bond donors (Lipinski definition) is 2. The van der Waals surface area contributed by atoms with Crippen molar-refractivity contribution in [2.75, 3.05) is 0 Å². The van der Waals surface area contributed by atoms with Crippen LogP contribution in [0.1, 0.15) is 71.8 Å². The summed E-state index contributed by atoms with van der Waals surface area (Å²) in [7, 11) is 0. The topological polar surface area (TPSA) is 101 Å². The van der Waals surface area contributed by atoms with Gasteiger partial charge in [-0.25, -0.2) is 5.43 Å². The Morgan fingerprint density at radius 3 is 2.34 bits per heavy atom. The summed E-state index contributed by atoms with van der Waals surface area (Å²) in [5, 5.41) is 6.86. The number of carbonyl (C=O) groups is 3. The van der Waals surface area contributed by atoms with Crippen molar-refractivity contribution >= 4 is 23.3 Å². The van der Waals surface area contributed by atoms with Crippen molar-refractivity contribution < 1.29 is 14.4 Å². The summed E-state index contributed by atoms with van der Waals surface area (Å²) >= 11 is 0. The third-order valence-corrected chi connectivity index (χ3v) is 5.07. The van der Waals surface area contributed by atoms with E-state index in [1.165, 1.54) is 0 Å². The summed E-state index contributed by atoms with van der Waals surface area (Å²) in [6, 6.07) is 2.67. The van der Waals surface area contributed by atoms with E-state index in [1.54, 1.807) is 31.5 Å². The summed E-state index contributed by atoms with van der Waals surface area (Å²) in [4.78, 5) is 41.8. The van der Waals surface area contributed by atoms with Gasteiger partial charge in [0.2, 0.25) is 11.7 Å². The zero-order chi connectivity index (χ0) is 21.4. The maximum atomic E-state index is 12.8. The predicted molar refractivity (Wildman–Crippen MR) is 112 cm³/mol. The molecule has 0 bridgehead atoms. The van der Waals surface area contributed by atoms with Crippen LogP contribution in [-0.4, -0.2) is 34.3 Å². The van der Waals surface area contributed by atoms with Gasteiger partial charge in [0.15, 0.2) is 0 Å². The molecule has 1 saturated carbocycles. The number of aromatic nitrogens is 1. The summed E-state index contributed by atoms with van der Waals surface area (Å²) in [6.07, 6.45) is 8.51. The second-order valence-corrected chi connectivity index (χ2v) is 8.90. The first-order chi connectivity index (χ1) is 13.7. The van der Waals surface area contributed by atoms with Crippen molar-refractivity contribution in [2.45, 2.75) is 72.3 Å². The van der Waals surface area contributed by atoms with Crippen LogP contribution >= 0.6 is 0 Å². The van der Waals surface area contributed by atoms with Gasteiger partial charge in [0.25, 0.3) is 0 Å². The van der Waals surface area contributed by atoms with E-state index in [1.807, 2.05) is 20.8 Å². The molecule has 0 radical (unpaired) electrons. The molecular formula is C22H32N4O3. The van der Waals surface area contributed by atoms with Crippen molar-refractivity contribution in [3.05, 3.63) is 30.1 Å². The highest BCUT2D eigenvalue weighted by atomic mass is 16.2. The molecule has 7 heteroatoms. The minimum absolute atomic E-state index is 0.0750. The molecule has 1 aromatic rings. The fourth-order valence-corrected chi connectivity index (χ4v) is 3.48. The molecule has 2 N–H and O–H groups in total. The Balaban J connectivity index is 2.05. The molecule has 1 aliphatic carbocycles. The molecule has 7 nitrogen and oxygen atoms in total. The number of nitrogens with zero attached hydrogens (tertiary/aromatic N) is 2. The Bertz CT molecular complexity index is 747. The van der Waals surface area contributed by atoms with Gasteiger partial charge in [-0.2, -0.15) is 5.10 Å². The largest absolute Gasteiger partial charge is 0.345 e. The maximum absolute atomic E-state index is 12.8. The number of pyridine rings is 1. The first-order valence-electron chi connectivity index (χ1n) is 10.3. The summed E-state index contributed by atoms with van der Waals surface area (Å²) < 4.78 is 0. The van der Waals surface area contributed by atoms with E-state index in [9.17, 15) is 14.4 Å². The van der Waals surface area contributed by atoms with Crippen LogP contribution in [0.4, 0.5) is 0 Å². The molecule has 1 aromatic heterocycles. The lowest BCUT2D eigenvalue weighted by Gasteiger charge is -2.28. The lowest BCUT2D eigenvalue weighted by Crippen LogP contribution is -2.50. The first-order valence-corrected chi connectivity index (χ1v) is 10.3. The second kappa shape index (κ2) is 10.3. The third-order valence-electron chi connectivity index (χ3n) is 5.07. The van der Waals surface area contributed by atoms with Crippen molar-refractivity contribution in [3.8, 4) is 0 Å². The van der Waals surface area contributed by atoms with E-state index in [-0.39, 0.29) is 17.2 Å². The van der Waals surface area contributed by atoms with Gasteiger partial charge < -0.3 is 5.32 Å². The van der Waals surface area contributed by atoms with Crippen LogP contribution < -0.4 is 10.7 Å². The number of amides is 2. The smallest absolute Gasteiger partial charge is 0.309 e. The minimum Gasteiger partial charge on any atom is -0.345 e. The number of rotatable bonds is 7. The number of hydrogen-bond acceptors (Lipinski definition) is 5. The Morgan fingerprint density at radius 2 is 1.76 bits per heavy atom. The van der Waals surface area contributed by atoms with Crippen LogP contribution in [0.5, 0.6) is 0 Å². The quantitative estimate of drug-likeness (QED) is 0.417. The van der Waals surface area contributed by atoms with Gasteiger partial charge in [0.05, 0.1) is 11.8 Å². The standard InChI is InChI=1S/C22H32N4O3/c1-15(16-10-12-23-13-11-16)25-26-21(29)19(27)18(14-22(2,3)4)24-20(28)17-8-6-5-7-9-17/h10-13,17-18H,5-9,14H2,1-4H3,(H,24,28)(H,26,29)/b25-15+. The number of carbonyl (C=O) groups excluding carboxylic acids is 3. The van der Waals surface area contributed by atoms with Gasteiger partial charge in [0, 0.05) is 23.9 Å². The van der Waals surface area contributed by atoms with E-state index in [2.05, 4.69) is 20.8 Å². The fourth-order valence-electron chi connectivity index (χ4n) is 3.48. The van der Waals surface area contributed by atoms with Gasteiger partial charge in [-0.3, -0.25) is 19.4 Å². The average molecular weight is 401 g/mol. The molecular weight excluding hydrogens is 368 g/mol. The predicted octanol–water partition coefficient (Wildman–Crippen LogP) is 2.99. The van der Waals surface area contributed by atoms with Gasteiger partial charge in [-0.05, 0) is 43.7 Å². The van der Waals surface area contributed by atoms with Crippen LogP contribution in [-0.2, 0) is 14.4 Å². The van der Waals surface area contributed by atoms with Crippen LogP contribution in [0.15, 0.2) is 29.6 Å². The van der Waals surface area contributed by atoms with E-state index in [0.717, 1.165) is 37.7 Å². The van der Waals surface area contributed by atoms with Crippen molar-refractivity contribution in [3.63, 3.8) is 0 Å². The monoisotopic (exact) mass is 400 g/mol.